The summed E-state index contributed by atoms with van der Waals surface area (Å²) >= 11 is 6.17. The molecule has 110 valence electrons. The van der Waals surface area contributed by atoms with E-state index in [9.17, 15) is 0 Å². The summed E-state index contributed by atoms with van der Waals surface area (Å²) in [4.78, 5) is 0. The minimum absolute atomic E-state index is 0.796. The van der Waals surface area contributed by atoms with Gasteiger partial charge < -0.3 is 10.1 Å². The quantitative estimate of drug-likeness (QED) is 0.788. The lowest BCUT2D eigenvalue weighted by molar-refractivity contribution is 0.352. The first-order valence-corrected chi connectivity index (χ1v) is 8.35. The highest BCUT2D eigenvalue weighted by molar-refractivity contribution is 6.30. The Balaban J connectivity index is 1.44. The van der Waals surface area contributed by atoms with Crippen molar-refractivity contribution < 1.29 is 4.74 Å². The van der Waals surface area contributed by atoms with Crippen LogP contribution < -0.4 is 10.1 Å². The smallest absolute Gasteiger partial charge is 0.127 e. The van der Waals surface area contributed by atoms with E-state index in [0.29, 0.717) is 0 Å². The van der Waals surface area contributed by atoms with Crippen LogP contribution >= 0.6 is 11.6 Å². The second kappa shape index (κ2) is 6.82. The van der Waals surface area contributed by atoms with Crippen molar-refractivity contribution in [3.63, 3.8) is 0 Å². The van der Waals surface area contributed by atoms with Gasteiger partial charge in [0.05, 0.1) is 6.61 Å². The molecule has 20 heavy (non-hydrogen) atoms. The summed E-state index contributed by atoms with van der Waals surface area (Å²) in [6, 6.07) is 4.07. The van der Waals surface area contributed by atoms with Gasteiger partial charge in [0.15, 0.2) is 0 Å². The lowest BCUT2D eigenvalue weighted by Gasteiger charge is -2.11. The van der Waals surface area contributed by atoms with Crippen LogP contribution in [0.1, 0.15) is 49.7 Å². The predicted octanol–water partition coefficient (Wildman–Crippen LogP) is 4.33. The minimum Gasteiger partial charge on any atom is -0.493 e. The largest absolute Gasteiger partial charge is 0.493 e. The number of rotatable bonds is 6. The van der Waals surface area contributed by atoms with Gasteiger partial charge in [-0.1, -0.05) is 37.3 Å². The SMILES string of the molecule is Clc1cc2c(c(CNCCCC3CCCC3)c1)OCC2. The van der Waals surface area contributed by atoms with E-state index in [0.717, 1.165) is 42.8 Å². The molecule has 1 fully saturated rings. The van der Waals surface area contributed by atoms with Crippen molar-refractivity contribution in [3.8, 4) is 5.75 Å². The van der Waals surface area contributed by atoms with E-state index >= 15 is 0 Å². The molecular formula is C17H24ClNO. The van der Waals surface area contributed by atoms with Crippen molar-refractivity contribution in [2.45, 2.75) is 51.5 Å². The molecule has 1 aromatic carbocycles. The number of halogens is 1. The zero-order chi connectivity index (χ0) is 13.8. The van der Waals surface area contributed by atoms with E-state index in [1.54, 1.807) is 0 Å². The van der Waals surface area contributed by atoms with Crippen molar-refractivity contribution in [1.29, 1.82) is 0 Å². The molecular weight excluding hydrogens is 270 g/mol. The summed E-state index contributed by atoms with van der Waals surface area (Å²) in [5.74, 6) is 2.06. The van der Waals surface area contributed by atoms with Gasteiger partial charge in [-0.2, -0.15) is 0 Å². The Kier molecular flexibility index (Phi) is 4.85. The molecule has 0 aromatic heterocycles. The molecule has 1 saturated carbocycles. The maximum absolute atomic E-state index is 6.17. The van der Waals surface area contributed by atoms with Gasteiger partial charge in [0.2, 0.25) is 0 Å². The van der Waals surface area contributed by atoms with Crippen LogP contribution in [-0.2, 0) is 13.0 Å². The van der Waals surface area contributed by atoms with Crippen LogP contribution in [0.2, 0.25) is 5.02 Å². The Hall–Kier alpha value is -0.730. The number of hydrogen-bond acceptors (Lipinski definition) is 2. The van der Waals surface area contributed by atoms with E-state index in [4.69, 9.17) is 16.3 Å². The van der Waals surface area contributed by atoms with Crippen LogP contribution in [0.15, 0.2) is 12.1 Å². The summed E-state index contributed by atoms with van der Waals surface area (Å²) in [7, 11) is 0. The van der Waals surface area contributed by atoms with Crippen molar-refractivity contribution in [2.24, 2.45) is 5.92 Å². The Morgan fingerprint density at radius 1 is 1.25 bits per heavy atom. The van der Waals surface area contributed by atoms with Gasteiger partial charge in [-0.25, -0.2) is 0 Å². The average molecular weight is 294 g/mol. The van der Waals surface area contributed by atoms with E-state index in [1.807, 2.05) is 12.1 Å². The first kappa shape index (κ1) is 14.2. The van der Waals surface area contributed by atoms with E-state index in [2.05, 4.69) is 5.32 Å². The molecule has 2 aliphatic rings. The topological polar surface area (TPSA) is 21.3 Å². The predicted molar refractivity (Wildman–Crippen MR) is 83.5 cm³/mol. The number of benzene rings is 1. The maximum Gasteiger partial charge on any atom is 0.127 e. The van der Waals surface area contributed by atoms with Gasteiger partial charge in [-0.05, 0) is 43.0 Å². The van der Waals surface area contributed by atoms with E-state index in [1.165, 1.54) is 49.7 Å². The molecule has 0 spiro atoms. The Labute approximate surface area is 126 Å². The number of ether oxygens (including phenoxy) is 1. The van der Waals surface area contributed by atoms with E-state index in [-0.39, 0.29) is 0 Å². The molecule has 0 amide bonds. The molecule has 0 unspecified atom stereocenters. The fraction of sp³-hybridized carbons (Fsp3) is 0.647. The van der Waals surface area contributed by atoms with Gasteiger partial charge in [0, 0.05) is 23.6 Å². The molecule has 3 rings (SSSR count). The van der Waals surface area contributed by atoms with Crippen LogP contribution in [0, 0.1) is 5.92 Å². The Bertz CT molecular complexity index is 455. The van der Waals surface area contributed by atoms with Crippen molar-refractivity contribution in [3.05, 3.63) is 28.3 Å². The Morgan fingerprint density at radius 3 is 2.95 bits per heavy atom. The van der Waals surface area contributed by atoms with Crippen molar-refractivity contribution >= 4 is 11.6 Å². The van der Waals surface area contributed by atoms with Crippen LogP contribution in [0.5, 0.6) is 5.75 Å². The number of hydrogen-bond donors (Lipinski definition) is 1. The summed E-state index contributed by atoms with van der Waals surface area (Å²) in [5.41, 5.74) is 2.48. The molecule has 1 aromatic rings. The summed E-state index contributed by atoms with van der Waals surface area (Å²) in [6.07, 6.45) is 9.47. The first-order valence-electron chi connectivity index (χ1n) is 7.98. The molecule has 1 heterocycles. The molecule has 2 nitrogen and oxygen atoms in total. The molecule has 0 radical (unpaired) electrons. The van der Waals surface area contributed by atoms with Crippen LogP contribution in [0.3, 0.4) is 0 Å². The lowest BCUT2D eigenvalue weighted by atomic mass is 10.0. The third kappa shape index (κ3) is 3.48. The molecule has 1 aliphatic heterocycles. The highest BCUT2D eigenvalue weighted by Gasteiger charge is 2.17. The third-order valence-electron chi connectivity index (χ3n) is 4.58. The molecule has 1 N–H and O–H groups in total. The van der Waals surface area contributed by atoms with Gasteiger partial charge in [0.25, 0.3) is 0 Å². The fourth-order valence-electron chi connectivity index (χ4n) is 3.52. The zero-order valence-electron chi connectivity index (χ0n) is 12.1. The van der Waals surface area contributed by atoms with Gasteiger partial charge in [0.1, 0.15) is 5.75 Å². The number of fused-ring (bicyclic) bond motifs is 1. The fourth-order valence-corrected chi connectivity index (χ4v) is 3.78. The molecule has 0 saturated heterocycles. The second-order valence-corrected chi connectivity index (χ2v) is 6.56. The second-order valence-electron chi connectivity index (χ2n) is 6.12. The summed E-state index contributed by atoms with van der Waals surface area (Å²) < 4.78 is 5.72. The minimum atomic E-state index is 0.796. The Morgan fingerprint density at radius 2 is 2.10 bits per heavy atom. The lowest BCUT2D eigenvalue weighted by Crippen LogP contribution is -2.16. The molecule has 0 atom stereocenters. The van der Waals surface area contributed by atoms with E-state index < -0.39 is 0 Å². The van der Waals surface area contributed by atoms with Crippen molar-refractivity contribution in [2.75, 3.05) is 13.2 Å². The first-order chi connectivity index (χ1) is 9.83. The van der Waals surface area contributed by atoms with Gasteiger partial charge >= 0.3 is 0 Å². The third-order valence-corrected chi connectivity index (χ3v) is 4.80. The normalized spacial score (nSPS) is 18.2. The number of nitrogens with one attached hydrogen (secondary N) is 1. The molecule has 3 heteroatoms. The van der Waals surface area contributed by atoms with Crippen LogP contribution in [-0.4, -0.2) is 13.2 Å². The highest BCUT2D eigenvalue weighted by Crippen LogP contribution is 2.32. The summed E-state index contributed by atoms with van der Waals surface area (Å²) in [5, 5.41) is 4.37. The molecule has 0 bridgehead atoms. The highest BCUT2D eigenvalue weighted by atomic mass is 35.5. The average Bonchev–Trinajstić information content (AvgIpc) is 3.08. The molecule has 1 aliphatic carbocycles. The van der Waals surface area contributed by atoms with Gasteiger partial charge in [-0.3, -0.25) is 0 Å². The maximum atomic E-state index is 6.17. The zero-order valence-corrected chi connectivity index (χ0v) is 12.8. The van der Waals surface area contributed by atoms with Gasteiger partial charge in [-0.15, -0.1) is 0 Å². The monoisotopic (exact) mass is 293 g/mol. The summed E-state index contributed by atoms with van der Waals surface area (Å²) in [6.45, 7) is 2.76. The van der Waals surface area contributed by atoms with Crippen molar-refractivity contribution in [1.82, 2.24) is 5.32 Å². The van der Waals surface area contributed by atoms with Crippen LogP contribution in [0.25, 0.3) is 0 Å². The standard InChI is InChI=1S/C17H24ClNO/c18-16-10-14-7-9-20-17(14)15(11-16)12-19-8-3-6-13-4-1-2-5-13/h10-11,13,19H,1-9,12H2. The van der Waals surface area contributed by atoms with Crippen LogP contribution in [0.4, 0.5) is 0 Å².